The van der Waals surface area contributed by atoms with E-state index in [0.29, 0.717) is 41.5 Å². The highest BCUT2D eigenvalue weighted by atomic mass is 16.5. The van der Waals surface area contributed by atoms with E-state index in [4.69, 9.17) is 4.74 Å². The van der Waals surface area contributed by atoms with E-state index in [0.717, 1.165) is 30.9 Å². The summed E-state index contributed by atoms with van der Waals surface area (Å²) in [4.78, 5) is 26.3. The van der Waals surface area contributed by atoms with Crippen molar-refractivity contribution >= 4 is 28.9 Å². The molecular weight excluding hydrogens is 408 g/mol. The highest BCUT2D eigenvalue weighted by Gasteiger charge is 2.35. The molecule has 3 aliphatic heterocycles. The number of anilines is 3. The Balaban J connectivity index is 1.27. The van der Waals surface area contributed by atoms with Crippen LogP contribution in [0.4, 0.5) is 22.0 Å². The molecule has 3 aromatic heterocycles. The molecule has 2 fully saturated rings. The number of amides is 2. The summed E-state index contributed by atoms with van der Waals surface area (Å²) in [7, 11) is 1.57. The Labute approximate surface area is 185 Å². The molecule has 32 heavy (non-hydrogen) atoms. The third kappa shape index (κ3) is 3.13. The number of hydrogen-bond acceptors (Lipinski definition) is 7. The van der Waals surface area contributed by atoms with Gasteiger partial charge in [0.1, 0.15) is 23.1 Å². The van der Waals surface area contributed by atoms with Crippen molar-refractivity contribution in [1.82, 2.24) is 24.9 Å². The molecule has 10 nitrogen and oxygen atoms in total. The van der Waals surface area contributed by atoms with Gasteiger partial charge in [-0.25, -0.2) is 19.3 Å². The second-order valence-corrected chi connectivity index (χ2v) is 8.72. The highest BCUT2D eigenvalue weighted by Crippen LogP contribution is 2.36. The fourth-order valence-electron chi connectivity index (χ4n) is 5.23. The van der Waals surface area contributed by atoms with Gasteiger partial charge in [0.2, 0.25) is 0 Å². The van der Waals surface area contributed by atoms with Crippen molar-refractivity contribution in [2.24, 2.45) is 0 Å². The molecule has 2 N–H and O–H groups in total. The van der Waals surface area contributed by atoms with Crippen molar-refractivity contribution < 1.29 is 9.53 Å². The number of aromatic nitrogens is 4. The van der Waals surface area contributed by atoms with E-state index in [9.17, 15) is 4.79 Å². The quantitative estimate of drug-likeness (QED) is 0.650. The van der Waals surface area contributed by atoms with Crippen LogP contribution >= 0.6 is 0 Å². The van der Waals surface area contributed by atoms with E-state index in [1.165, 1.54) is 18.5 Å². The third-order valence-corrected chi connectivity index (χ3v) is 6.65. The van der Waals surface area contributed by atoms with Crippen molar-refractivity contribution in [2.45, 2.75) is 38.3 Å². The average Bonchev–Trinajstić information content (AvgIpc) is 3.48. The lowest BCUT2D eigenvalue weighted by molar-refractivity contribution is 0.257. The van der Waals surface area contributed by atoms with Gasteiger partial charge in [0.25, 0.3) is 0 Å². The van der Waals surface area contributed by atoms with Gasteiger partial charge in [-0.05, 0) is 32.3 Å². The molecule has 2 atom stereocenters. The molecule has 0 radical (unpaired) electrons. The minimum Gasteiger partial charge on any atom is -0.494 e. The lowest BCUT2D eigenvalue weighted by atomic mass is 10.1. The zero-order valence-electron chi connectivity index (χ0n) is 18.2. The van der Waals surface area contributed by atoms with Crippen LogP contribution in [0.15, 0.2) is 24.5 Å². The molecule has 2 amide bonds. The number of pyridine rings is 2. The van der Waals surface area contributed by atoms with Crippen LogP contribution in [0.2, 0.25) is 0 Å². The second-order valence-electron chi connectivity index (χ2n) is 8.72. The van der Waals surface area contributed by atoms with Crippen molar-refractivity contribution in [3.8, 4) is 5.75 Å². The second kappa shape index (κ2) is 7.33. The van der Waals surface area contributed by atoms with Gasteiger partial charge in [-0.1, -0.05) is 0 Å². The first-order valence-electron chi connectivity index (χ1n) is 11.1. The smallest absolute Gasteiger partial charge is 0.327 e. The Bertz CT molecular complexity index is 1200. The first-order valence-corrected chi connectivity index (χ1v) is 11.1. The maximum Gasteiger partial charge on any atom is 0.327 e. The first-order chi connectivity index (χ1) is 15.6. The zero-order valence-corrected chi connectivity index (χ0v) is 18.2. The number of fused-ring (bicyclic) bond motifs is 4. The van der Waals surface area contributed by atoms with Gasteiger partial charge in [0.05, 0.1) is 13.3 Å². The summed E-state index contributed by atoms with van der Waals surface area (Å²) in [6.07, 6.45) is 6.81. The van der Waals surface area contributed by atoms with Crippen molar-refractivity contribution in [1.29, 1.82) is 0 Å². The Hall–Kier alpha value is -3.40. The monoisotopic (exact) mass is 434 g/mol. The van der Waals surface area contributed by atoms with Gasteiger partial charge in [-0.15, -0.1) is 0 Å². The summed E-state index contributed by atoms with van der Waals surface area (Å²) < 4.78 is 7.12. The molecule has 10 heteroatoms. The number of carbonyl (C=O) groups excluding carboxylic acids is 1. The normalized spacial score (nSPS) is 21.8. The summed E-state index contributed by atoms with van der Waals surface area (Å²) in [6.45, 7) is 4.43. The number of nitrogens with one attached hydrogen (secondary N) is 2. The number of nitrogens with zero attached hydrogens (tertiary/aromatic N) is 6. The largest absolute Gasteiger partial charge is 0.494 e. The molecule has 6 rings (SSSR count). The summed E-state index contributed by atoms with van der Waals surface area (Å²) in [5.41, 5.74) is 3.57. The molecule has 0 aromatic carbocycles. The van der Waals surface area contributed by atoms with E-state index >= 15 is 0 Å². The molecule has 3 aliphatic rings. The topological polar surface area (TPSA) is 99.9 Å². The van der Waals surface area contributed by atoms with E-state index in [1.807, 2.05) is 13.1 Å². The van der Waals surface area contributed by atoms with Crippen LogP contribution in [0.3, 0.4) is 0 Å². The van der Waals surface area contributed by atoms with Gasteiger partial charge in [-0.3, -0.25) is 4.90 Å². The number of rotatable bonds is 3. The van der Waals surface area contributed by atoms with Crippen LogP contribution in [0, 0.1) is 6.92 Å². The first kappa shape index (κ1) is 19.3. The van der Waals surface area contributed by atoms with Gasteiger partial charge < -0.3 is 20.3 Å². The SMILES string of the molecule is COc1cc2nc(C)nn2cc1NC(=O)N1CCc2c(N3CC4CCC(C3)N4)ccnc21. The molecule has 3 aromatic rings. The van der Waals surface area contributed by atoms with Crippen LogP contribution in [0.25, 0.3) is 5.65 Å². The van der Waals surface area contributed by atoms with Crippen LogP contribution in [0.1, 0.15) is 24.2 Å². The standard InChI is InChI=1S/C22H26N8O2/c1-13-24-20-9-19(32-2)17(12-30(20)27-13)26-22(31)29-8-6-16-18(5-7-23-21(16)29)28-10-14-3-4-15(11-28)25-14/h5,7,9,12,14-15,25H,3-4,6,8,10-11H2,1-2H3,(H,26,31). The summed E-state index contributed by atoms with van der Waals surface area (Å²) in [5.74, 6) is 1.93. The third-order valence-electron chi connectivity index (χ3n) is 6.65. The zero-order chi connectivity index (χ0) is 21.8. The highest BCUT2D eigenvalue weighted by molar-refractivity contribution is 6.03. The van der Waals surface area contributed by atoms with E-state index < -0.39 is 0 Å². The predicted molar refractivity (Wildman–Crippen MR) is 121 cm³/mol. The average molecular weight is 435 g/mol. The van der Waals surface area contributed by atoms with Crippen LogP contribution in [-0.2, 0) is 6.42 Å². The Morgan fingerprint density at radius 2 is 2.09 bits per heavy atom. The van der Waals surface area contributed by atoms with Crippen LogP contribution in [-0.4, -0.2) is 64.4 Å². The van der Waals surface area contributed by atoms with Gasteiger partial charge >= 0.3 is 6.03 Å². The molecule has 2 bridgehead atoms. The van der Waals surface area contributed by atoms with Crippen molar-refractivity contribution in [2.75, 3.05) is 41.9 Å². The minimum atomic E-state index is -0.233. The molecule has 0 saturated carbocycles. The lowest BCUT2D eigenvalue weighted by Gasteiger charge is -2.35. The molecular formula is C22H26N8O2. The maximum absolute atomic E-state index is 13.2. The molecule has 6 heterocycles. The van der Waals surface area contributed by atoms with Gasteiger partial charge in [-0.2, -0.15) is 5.10 Å². The number of ether oxygens (including phenoxy) is 1. The van der Waals surface area contributed by atoms with E-state index in [-0.39, 0.29) is 6.03 Å². The van der Waals surface area contributed by atoms with Crippen LogP contribution < -0.4 is 25.2 Å². The molecule has 166 valence electrons. The number of piperazine rings is 1. The summed E-state index contributed by atoms with van der Waals surface area (Å²) in [5, 5.41) is 11.0. The number of urea groups is 1. The number of aryl methyl sites for hydroxylation is 1. The fourth-order valence-corrected chi connectivity index (χ4v) is 5.23. The Morgan fingerprint density at radius 3 is 2.88 bits per heavy atom. The Kier molecular flexibility index (Phi) is 4.42. The Morgan fingerprint density at radius 1 is 1.28 bits per heavy atom. The fraction of sp³-hybridized carbons (Fsp3) is 0.455. The molecule has 2 unspecified atom stereocenters. The summed E-state index contributed by atoms with van der Waals surface area (Å²) in [6, 6.07) is 4.74. The minimum absolute atomic E-state index is 0.233. The molecule has 0 aliphatic carbocycles. The van der Waals surface area contributed by atoms with Crippen molar-refractivity contribution in [3.05, 3.63) is 35.9 Å². The number of hydrogen-bond donors (Lipinski definition) is 2. The maximum atomic E-state index is 13.2. The van der Waals surface area contributed by atoms with Crippen LogP contribution in [0.5, 0.6) is 5.75 Å². The van der Waals surface area contributed by atoms with Gasteiger partial charge in [0, 0.05) is 55.2 Å². The number of carbonyl (C=O) groups is 1. The molecule has 0 spiro atoms. The molecule has 2 saturated heterocycles. The van der Waals surface area contributed by atoms with E-state index in [1.54, 1.807) is 28.8 Å². The predicted octanol–water partition coefficient (Wildman–Crippen LogP) is 1.98. The number of methoxy groups -OCH3 is 1. The van der Waals surface area contributed by atoms with Gasteiger partial charge in [0.15, 0.2) is 5.65 Å². The van der Waals surface area contributed by atoms with E-state index in [2.05, 4.69) is 36.7 Å². The van der Waals surface area contributed by atoms with Crippen molar-refractivity contribution in [3.63, 3.8) is 0 Å². The lowest BCUT2D eigenvalue weighted by Crippen LogP contribution is -2.51. The summed E-state index contributed by atoms with van der Waals surface area (Å²) >= 11 is 0.